The first-order valence-electron chi connectivity index (χ1n) is 4.71. The van der Waals surface area contributed by atoms with Crippen LogP contribution in [0.5, 0.6) is 0 Å². The van der Waals surface area contributed by atoms with E-state index in [9.17, 15) is 9.59 Å². The second-order valence-corrected chi connectivity index (χ2v) is 3.03. The predicted molar refractivity (Wildman–Crippen MR) is 59.0 cm³/mol. The molecule has 1 atom stereocenters. The molecular formula is C10H16N2O4. The fourth-order valence-electron chi connectivity index (χ4n) is 0.677. The van der Waals surface area contributed by atoms with E-state index >= 15 is 0 Å². The van der Waals surface area contributed by atoms with Crippen molar-refractivity contribution in [2.45, 2.75) is 26.1 Å². The van der Waals surface area contributed by atoms with Crippen molar-refractivity contribution in [3.05, 3.63) is 12.7 Å². The molecule has 0 heterocycles. The van der Waals surface area contributed by atoms with Gasteiger partial charge in [0, 0.05) is 20.5 Å². The summed E-state index contributed by atoms with van der Waals surface area (Å²) >= 11 is 0. The van der Waals surface area contributed by atoms with Crippen LogP contribution < -0.4 is 5.32 Å². The van der Waals surface area contributed by atoms with Crippen molar-refractivity contribution >= 4 is 18.3 Å². The molecule has 0 spiro atoms. The van der Waals surface area contributed by atoms with Gasteiger partial charge in [-0.05, 0) is 6.08 Å². The molecule has 0 aliphatic heterocycles. The van der Waals surface area contributed by atoms with Crippen molar-refractivity contribution in [3.8, 4) is 0 Å². The van der Waals surface area contributed by atoms with Gasteiger partial charge in [0.25, 0.3) is 0 Å². The summed E-state index contributed by atoms with van der Waals surface area (Å²) in [6.07, 6.45) is 1.65. The Bertz CT molecular complexity index is 295. The normalized spacial score (nSPS) is 14.2. The van der Waals surface area contributed by atoms with Crippen molar-refractivity contribution in [2.75, 3.05) is 7.11 Å². The number of rotatable bonds is 5. The van der Waals surface area contributed by atoms with Crippen molar-refractivity contribution in [2.24, 2.45) is 4.99 Å². The van der Waals surface area contributed by atoms with Gasteiger partial charge in [0.2, 0.25) is 11.7 Å². The van der Waals surface area contributed by atoms with Crippen LogP contribution in [0.25, 0.3) is 0 Å². The van der Waals surface area contributed by atoms with Crippen LogP contribution >= 0.6 is 0 Å². The van der Waals surface area contributed by atoms with E-state index in [1.807, 2.05) is 0 Å². The first kappa shape index (κ1) is 14.3. The molecule has 0 rings (SSSR count). The second-order valence-electron chi connectivity index (χ2n) is 3.03. The summed E-state index contributed by atoms with van der Waals surface area (Å²) < 4.78 is 9.90. The first-order chi connectivity index (χ1) is 7.47. The van der Waals surface area contributed by atoms with Gasteiger partial charge < -0.3 is 14.8 Å². The highest BCUT2D eigenvalue weighted by molar-refractivity contribution is 5.96. The fraction of sp³-hybridized carbons (Fsp3) is 0.500. The van der Waals surface area contributed by atoms with E-state index < -0.39 is 17.8 Å². The van der Waals surface area contributed by atoms with Gasteiger partial charge in [-0.2, -0.15) is 4.99 Å². The van der Waals surface area contributed by atoms with Crippen LogP contribution in [-0.4, -0.2) is 31.2 Å². The summed E-state index contributed by atoms with van der Waals surface area (Å²) in [5, 5.41) is 2.19. The summed E-state index contributed by atoms with van der Waals surface area (Å²) in [6, 6.07) is 0. The number of nitrogens with zero attached hydrogens (tertiary/aromatic N) is 1. The van der Waals surface area contributed by atoms with Crippen molar-refractivity contribution in [1.82, 2.24) is 5.32 Å². The van der Waals surface area contributed by atoms with Gasteiger partial charge in [-0.3, -0.25) is 4.79 Å². The zero-order chi connectivity index (χ0) is 12.6. The Morgan fingerprint density at radius 1 is 1.56 bits per heavy atom. The Hall–Kier alpha value is -1.69. The lowest BCUT2D eigenvalue weighted by atomic mass is 10.2. The summed E-state index contributed by atoms with van der Waals surface area (Å²) in [7, 11) is 1.43. The quantitative estimate of drug-likeness (QED) is 0.332. The minimum absolute atomic E-state index is 0.457. The van der Waals surface area contributed by atoms with Crippen LogP contribution in [0, 0.1) is 0 Å². The summed E-state index contributed by atoms with van der Waals surface area (Å²) in [5.41, 5.74) is 0. The Labute approximate surface area is 94.3 Å². The third-order valence-corrected chi connectivity index (χ3v) is 1.94. The Morgan fingerprint density at radius 3 is 2.62 bits per heavy atom. The van der Waals surface area contributed by atoms with Gasteiger partial charge in [-0.15, -0.1) is 0 Å². The lowest BCUT2D eigenvalue weighted by Crippen LogP contribution is -2.32. The summed E-state index contributed by atoms with van der Waals surface area (Å²) in [5.74, 6) is -1.46. The lowest BCUT2D eigenvalue weighted by Gasteiger charge is -2.24. The van der Waals surface area contributed by atoms with Gasteiger partial charge in [0.05, 0.1) is 0 Å². The molecule has 0 aliphatic carbocycles. The second kappa shape index (κ2) is 6.73. The zero-order valence-corrected chi connectivity index (χ0v) is 9.65. The molecule has 2 amide bonds. The van der Waals surface area contributed by atoms with Crippen molar-refractivity contribution in [1.29, 1.82) is 0 Å². The molecular weight excluding hydrogens is 212 g/mol. The Balaban J connectivity index is 4.17. The highest BCUT2D eigenvalue weighted by Gasteiger charge is 2.25. The number of carbonyl (C=O) groups excluding carboxylic acids is 2. The average Bonchev–Trinajstić information content (AvgIpc) is 2.28. The minimum Gasteiger partial charge on any atom is -0.416 e. The SMILES string of the molecule is C=CC(=O)NC=NC(=O)OC(C)(CC)OC. The van der Waals surface area contributed by atoms with Crippen molar-refractivity contribution in [3.63, 3.8) is 0 Å². The first-order valence-corrected chi connectivity index (χ1v) is 4.71. The third kappa shape index (κ3) is 5.26. The van der Waals surface area contributed by atoms with Crippen LogP contribution in [-0.2, 0) is 14.3 Å². The van der Waals surface area contributed by atoms with E-state index in [0.717, 1.165) is 12.4 Å². The molecule has 1 unspecified atom stereocenters. The summed E-state index contributed by atoms with van der Waals surface area (Å²) in [4.78, 5) is 25.2. The molecule has 6 nitrogen and oxygen atoms in total. The molecule has 1 N–H and O–H groups in total. The number of aliphatic imine (C=N–C) groups is 1. The average molecular weight is 228 g/mol. The molecule has 0 aromatic carbocycles. The molecule has 0 aromatic rings. The maximum absolute atomic E-state index is 11.2. The van der Waals surface area contributed by atoms with Gasteiger partial charge in [0.15, 0.2) is 0 Å². The maximum Gasteiger partial charge on any atom is 0.437 e. The molecule has 0 fully saturated rings. The van der Waals surface area contributed by atoms with Crippen LogP contribution in [0.2, 0.25) is 0 Å². The van der Waals surface area contributed by atoms with E-state index in [1.165, 1.54) is 7.11 Å². The van der Waals surface area contributed by atoms with Gasteiger partial charge in [0.1, 0.15) is 6.34 Å². The number of nitrogens with one attached hydrogen (secondary N) is 1. The molecule has 0 bridgehead atoms. The fourth-order valence-corrected chi connectivity index (χ4v) is 0.677. The topological polar surface area (TPSA) is 77.0 Å². The lowest BCUT2D eigenvalue weighted by molar-refractivity contribution is -0.170. The van der Waals surface area contributed by atoms with Gasteiger partial charge >= 0.3 is 6.09 Å². The molecule has 0 radical (unpaired) electrons. The number of amides is 2. The number of carbonyl (C=O) groups is 2. The number of hydrogen-bond acceptors (Lipinski definition) is 4. The minimum atomic E-state index is -1.00. The highest BCUT2D eigenvalue weighted by atomic mass is 16.7. The Kier molecular flexibility index (Phi) is 6.02. The van der Waals surface area contributed by atoms with Gasteiger partial charge in [-0.25, -0.2) is 4.79 Å². The van der Waals surface area contributed by atoms with Gasteiger partial charge in [-0.1, -0.05) is 13.5 Å². The smallest absolute Gasteiger partial charge is 0.416 e. The molecule has 0 saturated heterocycles. The number of hydrogen-bond donors (Lipinski definition) is 1. The van der Waals surface area contributed by atoms with Crippen LogP contribution in [0.15, 0.2) is 17.6 Å². The molecule has 90 valence electrons. The Morgan fingerprint density at radius 2 is 2.19 bits per heavy atom. The van der Waals surface area contributed by atoms with E-state index in [4.69, 9.17) is 9.47 Å². The molecule has 6 heteroatoms. The standard InChI is InChI=1S/C10H16N2O4/c1-5-8(13)11-7-12-9(14)16-10(3,6-2)15-4/h5,7H,1,6H2,2-4H3,(H,11,12,13,14). The largest absolute Gasteiger partial charge is 0.437 e. The maximum atomic E-state index is 11.2. The van der Waals surface area contributed by atoms with E-state index in [0.29, 0.717) is 6.42 Å². The zero-order valence-electron chi connectivity index (χ0n) is 9.65. The highest BCUT2D eigenvalue weighted by Crippen LogP contribution is 2.16. The van der Waals surface area contributed by atoms with E-state index in [1.54, 1.807) is 13.8 Å². The molecule has 16 heavy (non-hydrogen) atoms. The van der Waals surface area contributed by atoms with Crippen molar-refractivity contribution < 1.29 is 19.1 Å². The number of ether oxygens (including phenoxy) is 2. The molecule has 0 aliphatic rings. The molecule has 0 saturated carbocycles. The van der Waals surface area contributed by atoms with E-state index in [-0.39, 0.29) is 0 Å². The third-order valence-electron chi connectivity index (χ3n) is 1.94. The summed E-state index contributed by atoms with van der Waals surface area (Å²) in [6.45, 7) is 6.65. The van der Waals surface area contributed by atoms with E-state index in [2.05, 4.69) is 16.9 Å². The monoisotopic (exact) mass is 228 g/mol. The van der Waals surface area contributed by atoms with Crippen LogP contribution in [0.3, 0.4) is 0 Å². The predicted octanol–water partition coefficient (Wildman–Crippen LogP) is 1.23. The van der Waals surface area contributed by atoms with Crippen LogP contribution in [0.1, 0.15) is 20.3 Å². The number of methoxy groups -OCH3 is 1. The molecule has 0 aromatic heterocycles. The van der Waals surface area contributed by atoms with Crippen LogP contribution in [0.4, 0.5) is 4.79 Å².